The molecule has 2 heterocycles. The van der Waals surface area contributed by atoms with Gasteiger partial charge < -0.3 is 4.90 Å². The number of rotatable bonds is 4. The molecule has 1 spiro atoms. The van der Waals surface area contributed by atoms with Crippen molar-refractivity contribution in [2.75, 3.05) is 31.1 Å². The Hall–Kier alpha value is -3.06. The van der Waals surface area contributed by atoms with Crippen molar-refractivity contribution in [2.45, 2.75) is 18.3 Å². The molecule has 0 saturated carbocycles. The molecule has 2 aromatic rings. The molecule has 0 radical (unpaired) electrons. The maximum atomic E-state index is 14.1. The van der Waals surface area contributed by atoms with Crippen molar-refractivity contribution in [3.8, 4) is 0 Å². The Balaban J connectivity index is 1.68. The van der Waals surface area contributed by atoms with E-state index >= 15 is 0 Å². The standard InChI is InChI=1S/C22H22FN3O3/c1-2-10-24-11-8-22(9-12-24)15-25(20-7-6-17(23)14-19(20)22)21(27)16-4-3-5-18(13-16)26(28)29/h2-7,13-14H,1,8-12,15H2. The van der Waals surface area contributed by atoms with Crippen LogP contribution >= 0.6 is 0 Å². The number of piperidine rings is 1. The molecular formula is C22H22FN3O3. The van der Waals surface area contributed by atoms with E-state index in [-0.39, 0.29) is 28.4 Å². The van der Waals surface area contributed by atoms with Gasteiger partial charge in [0.05, 0.1) is 4.92 Å². The largest absolute Gasteiger partial charge is 0.307 e. The highest BCUT2D eigenvalue weighted by Crippen LogP contribution is 2.47. The van der Waals surface area contributed by atoms with Crippen molar-refractivity contribution in [3.05, 3.63) is 82.2 Å². The monoisotopic (exact) mass is 395 g/mol. The van der Waals surface area contributed by atoms with Crippen LogP contribution in [0.5, 0.6) is 0 Å². The number of halogens is 1. The smallest absolute Gasteiger partial charge is 0.270 e. The van der Waals surface area contributed by atoms with E-state index in [2.05, 4.69) is 11.5 Å². The van der Waals surface area contributed by atoms with Crippen LogP contribution in [0.15, 0.2) is 55.1 Å². The molecule has 7 heteroatoms. The number of hydrogen-bond acceptors (Lipinski definition) is 4. The van der Waals surface area contributed by atoms with E-state index < -0.39 is 4.92 Å². The summed E-state index contributed by atoms with van der Waals surface area (Å²) in [6, 6.07) is 10.3. The zero-order chi connectivity index (χ0) is 20.6. The highest BCUT2D eigenvalue weighted by atomic mass is 19.1. The molecule has 6 nitrogen and oxygen atoms in total. The van der Waals surface area contributed by atoms with Crippen molar-refractivity contribution in [1.29, 1.82) is 0 Å². The first-order chi connectivity index (χ1) is 13.9. The number of carbonyl (C=O) groups is 1. The molecule has 2 aliphatic heterocycles. The molecule has 0 aromatic heterocycles. The third kappa shape index (κ3) is 3.42. The average Bonchev–Trinajstić information content (AvgIpc) is 3.03. The van der Waals surface area contributed by atoms with Crippen LogP contribution in [-0.2, 0) is 5.41 Å². The van der Waals surface area contributed by atoms with Gasteiger partial charge in [0.15, 0.2) is 0 Å². The average molecular weight is 395 g/mol. The number of amides is 1. The van der Waals surface area contributed by atoms with E-state index in [1.165, 1.54) is 24.3 Å². The highest BCUT2D eigenvalue weighted by Gasteiger charge is 2.46. The topological polar surface area (TPSA) is 66.7 Å². The Bertz CT molecular complexity index is 983. The Morgan fingerprint density at radius 2 is 2.00 bits per heavy atom. The lowest BCUT2D eigenvalue weighted by Gasteiger charge is -2.39. The minimum atomic E-state index is -0.513. The van der Waals surface area contributed by atoms with Crippen molar-refractivity contribution < 1.29 is 14.1 Å². The summed E-state index contributed by atoms with van der Waals surface area (Å²) in [6.07, 6.45) is 3.50. The number of likely N-dealkylation sites (tertiary alicyclic amines) is 1. The first kappa shape index (κ1) is 19.3. The van der Waals surface area contributed by atoms with Crippen molar-refractivity contribution in [1.82, 2.24) is 4.90 Å². The van der Waals surface area contributed by atoms with E-state index in [9.17, 15) is 19.3 Å². The van der Waals surface area contributed by atoms with Gasteiger partial charge in [0.1, 0.15) is 5.82 Å². The van der Waals surface area contributed by atoms with Crippen LogP contribution in [0.3, 0.4) is 0 Å². The fourth-order valence-electron chi connectivity index (χ4n) is 4.50. The fraction of sp³-hybridized carbons (Fsp3) is 0.318. The summed E-state index contributed by atoms with van der Waals surface area (Å²) in [5.41, 5.74) is 1.39. The van der Waals surface area contributed by atoms with E-state index in [1.807, 2.05) is 6.08 Å². The van der Waals surface area contributed by atoms with Crippen LogP contribution in [0, 0.1) is 15.9 Å². The van der Waals surface area contributed by atoms with E-state index in [4.69, 9.17) is 0 Å². The first-order valence-electron chi connectivity index (χ1n) is 9.63. The fourth-order valence-corrected chi connectivity index (χ4v) is 4.50. The second-order valence-electron chi connectivity index (χ2n) is 7.73. The molecule has 0 unspecified atom stereocenters. The summed E-state index contributed by atoms with van der Waals surface area (Å²) in [5.74, 6) is -0.617. The molecule has 2 aromatic carbocycles. The molecule has 150 valence electrons. The zero-order valence-electron chi connectivity index (χ0n) is 16.0. The molecule has 2 aliphatic rings. The second-order valence-corrected chi connectivity index (χ2v) is 7.73. The number of carbonyl (C=O) groups excluding carboxylic acids is 1. The van der Waals surface area contributed by atoms with Crippen LogP contribution in [0.1, 0.15) is 28.8 Å². The quantitative estimate of drug-likeness (QED) is 0.447. The number of nitro benzene ring substituents is 1. The lowest BCUT2D eigenvalue weighted by molar-refractivity contribution is -0.384. The number of benzene rings is 2. The highest BCUT2D eigenvalue weighted by molar-refractivity contribution is 6.08. The Labute approximate surface area is 168 Å². The summed E-state index contributed by atoms with van der Waals surface area (Å²) in [6.45, 7) is 6.75. The van der Waals surface area contributed by atoms with Crippen LogP contribution in [0.2, 0.25) is 0 Å². The SMILES string of the molecule is C=CCN1CCC2(CC1)CN(C(=O)c1cccc([N+](=O)[O-])c1)c1ccc(F)cc12. The van der Waals surface area contributed by atoms with Gasteiger partial charge in [-0.15, -0.1) is 6.58 Å². The molecular weight excluding hydrogens is 373 g/mol. The number of non-ortho nitro benzene ring substituents is 1. The maximum absolute atomic E-state index is 14.1. The summed E-state index contributed by atoms with van der Waals surface area (Å²) in [5, 5.41) is 11.1. The minimum Gasteiger partial charge on any atom is -0.307 e. The van der Waals surface area contributed by atoms with Crippen LogP contribution in [0.4, 0.5) is 15.8 Å². The summed E-state index contributed by atoms with van der Waals surface area (Å²) >= 11 is 0. The van der Waals surface area contributed by atoms with Crippen molar-refractivity contribution >= 4 is 17.3 Å². The lowest BCUT2D eigenvalue weighted by atomic mass is 9.74. The predicted molar refractivity (Wildman–Crippen MR) is 109 cm³/mol. The van der Waals surface area contributed by atoms with Crippen molar-refractivity contribution in [3.63, 3.8) is 0 Å². The first-order valence-corrected chi connectivity index (χ1v) is 9.63. The second kappa shape index (κ2) is 7.40. The molecule has 29 heavy (non-hydrogen) atoms. The van der Waals surface area contributed by atoms with Gasteiger partial charge in [-0.1, -0.05) is 12.1 Å². The number of nitrogens with zero attached hydrogens (tertiary/aromatic N) is 3. The van der Waals surface area contributed by atoms with E-state index in [0.29, 0.717) is 12.2 Å². The molecule has 4 rings (SSSR count). The molecule has 0 aliphatic carbocycles. The van der Waals surface area contributed by atoms with Crippen LogP contribution < -0.4 is 4.90 Å². The molecule has 1 fully saturated rings. The van der Waals surface area contributed by atoms with Crippen LogP contribution in [0.25, 0.3) is 0 Å². The molecule has 0 atom stereocenters. The van der Waals surface area contributed by atoms with Crippen LogP contribution in [-0.4, -0.2) is 41.9 Å². The zero-order valence-corrected chi connectivity index (χ0v) is 16.0. The number of fused-ring (bicyclic) bond motifs is 2. The lowest BCUT2D eigenvalue weighted by Crippen LogP contribution is -2.46. The number of anilines is 1. The maximum Gasteiger partial charge on any atom is 0.270 e. The summed E-state index contributed by atoms with van der Waals surface area (Å²) in [4.78, 5) is 27.8. The Kier molecular flexibility index (Phi) is 4.92. The normalized spacial score (nSPS) is 17.9. The predicted octanol–water partition coefficient (Wildman–Crippen LogP) is 3.91. The third-order valence-corrected chi connectivity index (χ3v) is 6.03. The Morgan fingerprint density at radius 3 is 2.69 bits per heavy atom. The van der Waals surface area contributed by atoms with Gasteiger partial charge in [-0.3, -0.25) is 19.8 Å². The van der Waals surface area contributed by atoms with Gasteiger partial charge in [0.2, 0.25) is 0 Å². The number of nitro groups is 1. The van der Waals surface area contributed by atoms with Gasteiger partial charge in [-0.25, -0.2) is 4.39 Å². The molecule has 1 amide bonds. The van der Waals surface area contributed by atoms with Gasteiger partial charge >= 0.3 is 0 Å². The van der Waals surface area contributed by atoms with Gasteiger partial charge in [-0.05, 0) is 55.8 Å². The minimum absolute atomic E-state index is 0.123. The Morgan fingerprint density at radius 1 is 1.24 bits per heavy atom. The number of hydrogen-bond donors (Lipinski definition) is 0. The molecule has 0 N–H and O–H groups in total. The van der Waals surface area contributed by atoms with Gasteiger partial charge in [0.25, 0.3) is 11.6 Å². The van der Waals surface area contributed by atoms with Gasteiger partial charge in [0, 0.05) is 41.9 Å². The summed E-state index contributed by atoms with van der Waals surface area (Å²) in [7, 11) is 0. The molecule has 0 bridgehead atoms. The van der Waals surface area contributed by atoms with E-state index in [1.54, 1.807) is 23.1 Å². The van der Waals surface area contributed by atoms with E-state index in [0.717, 1.165) is 38.0 Å². The van der Waals surface area contributed by atoms with Gasteiger partial charge in [-0.2, -0.15) is 0 Å². The third-order valence-electron chi connectivity index (χ3n) is 6.03. The van der Waals surface area contributed by atoms with Crippen molar-refractivity contribution in [2.24, 2.45) is 0 Å². The molecule has 1 saturated heterocycles. The summed E-state index contributed by atoms with van der Waals surface area (Å²) < 4.78 is 14.1.